The Kier molecular flexibility index (Phi) is 6.64. The minimum Gasteiger partial charge on any atom is -0.469 e. The number of methoxy groups -OCH3 is 1. The SMILES string of the molecule is COC(=O)Cc1ccc(Oc2ccc(N)cc2)c(C(N)C(=O)OC(C)(C)C)c1. The summed E-state index contributed by atoms with van der Waals surface area (Å²) in [5.74, 6) is -0.0711. The van der Waals surface area contributed by atoms with Crippen molar-refractivity contribution in [2.24, 2.45) is 5.73 Å². The molecule has 7 nitrogen and oxygen atoms in total. The fourth-order valence-corrected chi connectivity index (χ4v) is 2.44. The molecule has 0 spiro atoms. The van der Waals surface area contributed by atoms with Gasteiger partial charge in [0.1, 0.15) is 23.1 Å². The number of carbonyl (C=O) groups is 2. The summed E-state index contributed by atoms with van der Waals surface area (Å²) in [4.78, 5) is 24.1. The summed E-state index contributed by atoms with van der Waals surface area (Å²) in [6, 6.07) is 10.8. The van der Waals surface area contributed by atoms with Gasteiger partial charge >= 0.3 is 11.9 Å². The van der Waals surface area contributed by atoms with Crippen molar-refractivity contribution in [3.05, 3.63) is 53.6 Å². The van der Waals surface area contributed by atoms with Gasteiger partial charge in [0.2, 0.25) is 0 Å². The molecule has 0 saturated heterocycles. The van der Waals surface area contributed by atoms with Crippen LogP contribution in [0.2, 0.25) is 0 Å². The number of nitrogens with two attached hydrogens (primary N) is 2. The van der Waals surface area contributed by atoms with E-state index in [-0.39, 0.29) is 6.42 Å². The maximum absolute atomic E-state index is 12.5. The van der Waals surface area contributed by atoms with E-state index in [0.717, 1.165) is 0 Å². The van der Waals surface area contributed by atoms with Gasteiger partial charge in [-0.25, -0.2) is 4.79 Å². The smallest absolute Gasteiger partial charge is 0.328 e. The quantitative estimate of drug-likeness (QED) is 0.579. The fraction of sp³-hybridized carbons (Fsp3) is 0.333. The molecule has 2 rings (SSSR count). The molecule has 0 aliphatic rings. The molecule has 1 unspecified atom stereocenters. The van der Waals surface area contributed by atoms with Gasteiger partial charge in [-0.3, -0.25) is 4.79 Å². The normalized spacial score (nSPS) is 12.2. The zero-order chi connectivity index (χ0) is 20.9. The highest BCUT2D eigenvalue weighted by atomic mass is 16.6. The average molecular weight is 386 g/mol. The van der Waals surface area contributed by atoms with Crippen LogP contribution < -0.4 is 16.2 Å². The fourth-order valence-electron chi connectivity index (χ4n) is 2.44. The third-order valence-corrected chi connectivity index (χ3v) is 3.75. The average Bonchev–Trinajstić information content (AvgIpc) is 2.62. The van der Waals surface area contributed by atoms with Crippen LogP contribution in [0.15, 0.2) is 42.5 Å². The second-order valence-corrected chi connectivity index (χ2v) is 7.31. The van der Waals surface area contributed by atoms with Crippen LogP contribution in [0.1, 0.15) is 37.9 Å². The van der Waals surface area contributed by atoms with Gasteiger partial charge in [-0.1, -0.05) is 6.07 Å². The number of anilines is 1. The Balaban J connectivity index is 2.38. The second-order valence-electron chi connectivity index (χ2n) is 7.31. The first-order chi connectivity index (χ1) is 13.1. The Labute approximate surface area is 164 Å². The lowest BCUT2D eigenvalue weighted by Crippen LogP contribution is -2.31. The van der Waals surface area contributed by atoms with Gasteiger partial charge in [0, 0.05) is 11.3 Å². The number of rotatable bonds is 6. The molecule has 0 fully saturated rings. The molecule has 1 atom stereocenters. The molecule has 0 bridgehead atoms. The van der Waals surface area contributed by atoms with Crippen molar-refractivity contribution < 1.29 is 23.8 Å². The molecule has 0 aliphatic heterocycles. The largest absolute Gasteiger partial charge is 0.469 e. The van der Waals surface area contributed by atoms with Crippen molar-refractivity contribution in [3.63, 3.8) is 0 Å². The molecule has 0 aliphatic carbocycles. The molecule has 2 aromatic rings. The predicted molar refractivity (Wildman–Crippen MR) is 106 cm³/mol. The molecule has 150 valence electrons. The lowest BCUT2D eigenvalue weighted by molar-refractivity contribution is -0.156. The van der Waals surface area contributed by atoms with Gasteiger partial charge in [-0.05, 0) is 62.7 Å². The van der Waals surface area contributed by atoms with Crippen LogP contribution in [0.4, 0.5) is 5.69 Å². The molecular weight excluding hydrogens is 360 g/mol. The van der Waals surface area contributed by atoms with E-state index in [9.17, 15) is 9.59 Å². The van der Waals surface area contributed by atoms with E-state index >= 15 is 0 Å². The first kappa shape index (κ1) is 21.2. The number of benzene rings is 2. The Bertz CT molecular complexity index is 841. The molecule has 2 aromatic carbocycles. The summed E-state index contributed by atoms with van der Waals surface area (Å²) in [7, 11) is 1.31. The van der Waals surface area contributed by atoms with Gasteiger partial charge in [0.25, 0.3) is 0 Å². The van der Waals surface area contributed by atoms with Gasteiger partial charge in [0.15, 0.2) is 0 Å². The summed E-state index contributed by atoms with van der Waals surface area (Å²) in [6.07, 6.45) is 0.0483. The number of ether oxygens (including phenoxy) is 3. The van der Waals surface area contributed by atoms with Crippen LogP contribution >= 0.6 is 0 Å². The van der Waals surface area contributed by atoms with E-state index in [1.807, 2.05) is 0 Å². The van der Waals surface area contributed by atoms with Crippen molar-refractivity contribution in [2.45, 2.75) is 38.8 Å². The number of nitrogen functional groups attached to an aromatic ring is 1. The highest BCUT2D eigenvalue weighted by molar-refractivity contribution is 5.79. The first-order valence-corrected chi connectivity index (χ1v) is 8.80. The highest BCUT2D eigenvalue weighted by Gasteiger charge is 2.26. The zero-order valence-electron chi connectivity index (χ0n) is 16.5. The van der Waals surface area contributed by atoms with Crippen LogP contribution in [0, 0.1) is 0 Å². The second kappa shape index (κ2) is 8.75. The molecular formula is C21H26N2O5. The van der Waals surface area contributed by atoms with Crippen molar-refractivity contribution in [1.29, 1.82) is 0 Å². The minimum atomic E-state index is -1.08. The maximum Gasteiger partial charge on any atom is 0.328 e. The topological polar surface area (TPSA) is 114 Å². The molecule has 0 saturated carbocycles. The summed E-state index contributed by atoms with van der Waals surface area (Å²) >= 11 is 0. The van der Waals surface area contributed by atoms with Crippen LogP contribution in [-0.2, 0) is 25.5 Å². The Morgan fingerprint density at radius 1 is 1.07 bits per heavy atom. The van der Waals surface area contributed by atoms with Crippen LogP contribution in [-0.4, -0.2) is 24.6 Å². The number of hydrogen-bond donors (Lipinski definition) is 2. The monoisotopic (exact) mass is 386 g/mol. The molecule has 0 heterocycles. The summed E-state index contributed by atoms with van der Waals surface area (Å²) < 4.78 is 16.0. The van der Waals surface area contributed by atoms with Crippen LogP contribution in [0.5, 0.6) is 11.5 Å². The summed E-state index contributed by atoms with van der Waals surface area (Å²) in [5.41, 5.74) is 12.8. The van der Waals surface area contributed by atoms with E-state index in [1.54, 1.807) is 63.2 Å². The van der Waals surface area contributed by atoms with E-state index in [0.29, 0.717) is 28.3 Å². The highest BCUT2D eigenvalue weighted by Crippen LogP contribution is 2.31. The van der Waals surface area contributed by atoms with E-state index in [1.165, 1.54) is 7.11 Å². The first-order valence-electron chi connectivity index (χ1n) is 8.80. The molecule has 7 heteroatoms. The van der Waals surface area contributed by atoms with Crippen molar-refractivity contribution in [2.75, 3.05) is 12.8 Å². The molecule has 28 heavy (non-hydrogen) atoms. The van der Waals surface area contributed by atoms with E-state index in [2.05, 4.69) is 0 Å². The number of carbonyl (C=O) groups excluding carboxylic acids is 2. The molecule has 0 aromatic heterocycles. The van der Waals surface area contributed by atoms with Crippen molar-refractivity contribution >= 4 is 17.6 Å². The summed E-state index contributed by atoms with van der Waals surface area (Å²) in [5, 5.41) is 0. The van der Waals surface area contributed by atoms with Crippen LogP contribution in [0.25, 0.3) is 0 Å². The van der Waals surface area contributed by atoms with Crippen molar-refractivity contribution in [3.8, 4) is 11.5 Å². The third kappa shape index (κ3) is 5.99. The number of hydrogen-bond acceptors (Lipinski definition) is 7. The van der Waals surface area contributed by atoms with Gasteiger partial charge < -0.3 is 25.7 Å². The minimum absolute atomic E-state index is 0.0483. The molecule has 4 N–H and O–H groups in total. The Hall–Kier alpha value is -3.06. The van der Waals surface area contributed by atoms with Gasteiger partial charge in [0.05, 0.1) is 13.5 Å². The third-order valence-electron chi connectivity index (χ3n) is 3.75. The predicted octanol–water partition coefficient (Wildman–Crippen LogP) is 3.12. The lowest BCUT2D eigenvalue weighted by Gasteiger charge is -2.23. The standard InChI is InChI=1S/C21H26N2O5/c1-21(2,3)28-20(25)19(23)16-11-13(12-18(24)26-4)5-10-17(16)27-15-8-6-14(22)7-9-15/h5-11,19H,12,22-23H2,1-4H3. The molecule has 0 amide bonds. The van der Waals surface area contributed by atoms with Gasteiger partial charge in [-0.2, -0.15) is 0 Å². The van der Waals surface area contributed by atoms with Crippen LogP contribution in [0.3, 0.4) is 0 Å². The lowest BCUT2D eigenvalue weighted by atomic mass is 10.0. The van der Waals surface area contributed by atoms with E-state index in [4.69, 9.17) is 25.7 Å². The Morgan fingerprint density at radius 2 is 1.71 bits per heavy atom. The van der Waals surface area contributed by atoms with Crippen molar-refractivity contribution in [1.82, 2.24) is 0 Å². The molecule has 0 radical (unpaired) electrons. The summed E-state index contributed by atoms with van der Waals surface area (Å²) in [6.45, 7) is 5.28. The van der Waals surface area contributed by atoms with E-state index < -0.39 is 23.6 Å². The zero-order valence-corrected chi connectivity index (χ0v) is 16.5. The number of esters is 2. The van der Waals surface area contributed by atoms with Gasteiger partial charge in [-0.15, -0.1) is 0 Å². The maximum atomic E-state index is 12.5. The Morgan fingerprint density at radius 3 is 2.29 bits per heavy atom.